The predicted octanol–water partition coefficient (Wildman–Crippen LogP) is 3.53. The standard InChI is InChI=1S/C13H12FNO.C2H4/c14-12-4-2-1-3-11(12)13(9-15)7-5-10(16)6-8-13;1-2/h1-4H,5-8H2;1-2H2. The summed E-state index contributed by atoms with van der Waals surface area (Å²) in [6.07, 6.45) is 1.62. The van der Waals surface area contributed by atoms with Gasteiger partial charge in [0.25, 0.3) is 0 Å². The molecule has 18 heavy (non-hydrogen) atoms. The Morgan fingerprint density at radius 1 is 1.22 bits per heavy atom. The summed E-state index contributed by atoms with van der Waals surface area (Å²) in [5.41, 5.74) is -0.371. The van der Waals surface area contributed by atoms with Crippen LogP contribution >= 0.6 is 0 Å². The van der Waals surface area contributed by atoms with E-state index in [2.05, 4.69) is 19.2 Å². The molecule has 3 heteroatoms. The molecule has 0 radical (unpaired) electrons. The van der Waals surface area contributed by atoms with Gasteiger partial charge in [0.05, 0.1) is 11.5 Å². The lowest BCUT2D eigenvalue weighted by Gasteiger charge is -2.30. The number of carbonyl (C=O) groups is 1. The highest BCUT2D eigenvalue weighted by molar-refractivity contribution is 5.80. The van der Waals surface area contributed by atoms with E-state index < -0.39 is 5.41 Å². The maximum Gasteiger partial charge on any atom is 0.133 e. The van der Waals surface area contributed by atoms with Crippen LogP contribution in [-0.2, 0) is 10.2 Å². The fraction of sp³-hybridized carbons (Fsp3) is 0.333. The van der Waals surface area contributed by atoms with E-state index in [1.54, 1.807) is 18.2 Å². The number of Topliss-reactive ketones (excluding diaryl/α,β-unsaturated/α-hetero) is 1. The van der Waals surface area contributed by atoms with Crippen molar-refractivity contribution in [3.63, 3.8) is 0 Å². The Balaban J connectivity index is 0.000000771. The molecule has 0 saturated heterocycles. The first-order chi connectivity index (χ1) is 8.68. The largest absolute Gasteiger partial charge is 0.300 e. The zero-order valence-electron chi connectivity index (χ0n) is 10.3. The first-order valence-electron chi connectivity index (χ1n) is 5.86. The van der Waals surface area contributed by atoms with Crippen molar-refractivity contribution in [3.05, 3.63) is 48.8 Å². The summed E-state index contributed by atoms with van der Waals surface area (Å²) in [4.78, 5) is 11.2. The second-order valence-corrected chi connectivity index (χ2v) is 4.21. The Kier molecular flexibility index (Phi) is 4.79. The number of benzene rings is 1. The van der Waals surface area contributed by atoms with E-state index >= 15 is 0 Å². The highest BCUT2D eigenvalue weighted by Crippen LogP contribution is 2.38. The van der Waals surface area contributed by atoms with Gasteiger partial charge in [-0.05, 0) is 18.9 Å². The van der Waals surface area contributed by atoms with Gasteiger partial charge in [-0.2, -0.15) is 5.26 Å². The minimum atomic E-state index is -0.806. The number of nitriles is 1. The van der Waals surface area contributed by atoms with E-state index in [9.17, 15) is 14.4 Å². The quantitative estimate of drug-likeness (QED) is 0.710. The van der Waals surface area contributed by atoms with Gasteiger partial charge in [0, 0.05) is 18.4 Å². The van der Waals surface area contributed by atoms with Crippen molar-refractivity contribution in [1.29, 1.82) is 5.26 Å². The van der Waals surface area contributed by atoms with Gasteiger partial charge in [-0.3, -0.25) is 4.79 Å². The van der Waals surface area contributed by atoms with Gasteiger partial charge in [-0.1, -0.05) is 18.2 Å². The SMILES string of the molecule is C=C.N#CC1(c2ccccc2F)CCC(=O)CC1. The van der Waals surface area contributed by atoms with Gasteiger partial charge in [0.1, 0.15) is 11.6 Å². The highest BCUT2D eigenvalue weighted by Gasteiger charge is 2.38. The minimum absolute atomic E-state index is 0.169. The van der Waals surface area contributed by atoms with Crippen LogP contribution < -0.4 is 0 Å². The molecule has 1 aliphatic carbocycles. The summed E-state index contributed by atoms with van der Waals surface area (Å²) in [6, 6.07) is 8.56. The van der Waals surface area contributed by atoms with Crippen molar-refractivity contribution in [2.75, 3.05) is 0 Å². The normalized spacial score (nSPS) is 17.2. The van der Waals surface area contributed by atoms with Crippen molar-refractivity contribution < 1.29 is 9.18 Å². The van der Waals surface area contributed by atoms with Gasteiger partial charge < -0.3 is 0 Å². The highest BCUT2D eigenvalue weighted by atomic mass is 19.1. The molecule has 1 aromatic rings. The Morgan fingerprint density at radius 2 is 1.78 bits per heavy atom. The molecule has 0 aromatic heterocycles. The van der Waals surface area contributed by atoms with Crippen LogP contribution in [0.15, 0.2) is 37.4 Å². The third-order valence-electron chi connectivity index (χ3n) is 3.26. The molecule has 2 rings (SSSR count). The topological polar surface area (TPSA) is 40.9 Å². The number of hydrogen-bond donors (Lipinski definition) is 0. The van der Waals surface area contributed by atoms with E-state index in [0.717, 1.165) is 0 Å². The van der Waals surface area contributed by atoms with Crippen LogP contribution in [0.2, 0.25) is 0 Å². The molecule has 0 spiro atoms. The van der Waals surface area contributed by atoms with Crippen LogP contribution in [-0.4, -0.2) is 5.78 Å². The maximum absolute atomic E-state index is 13.7. The average molecular weight is 245 g/mol. The predicted molar refractivity (Wildman–Crippen MR) is 68.4 cm³/mol. The molecule has 0 N–H and O–H groups in total. The molecular formula is C15H16FNO. The fourth-order valence-electron chi connectivity index (χ4n) is 2.25. The minimum Gasteiger partial charge on any atom is -0.300 e. The Bertz CT molecular complexity index is 466. The summed E-state index contributed by atoms with van der Waals surface area (Å²) in [5.74, 6) is -0.180. The van der Waals surface area contributed by atoms with E-state index in [1.165, 1.54) is 6.07 Å². The van der Waals surface area contributed by atoms with Gasteiger partial charge in [-0.15, -0.1) is 13.2 Å². The molecule has 0 atom stereocenters. The molecule has 0 heterocycles. The Hall–Kier alpha value is -1.95. The molecule has 0 amide bonds. The lowest BCUT2D eigenvalue weighted by atomic mass is 9.70. The number of carbonyl (C=O) groups excluding carboxylic acids is 1. The lowest BCUT2D eigenvalue weighted by Crippen LogP contribution is -2.31. The van der Waals surface area contributed by atoms with Gasteiger partial charge in [-0.25, -0.2) is 4.39 Å². The summed E-state index contributed by atoms with van der Waals surface area (Å²) in [7, 11) is 0. The van der Waals surface area contributed by atoms with Crippen molar-refractivity contribution in [3.8, 4) is 6.07 Å². The van der Waals surface area contributed by atoms with Crippen LogP contribution in [0.3, 0.4) is 0 Å². The van der Waals surface area contributed by atoms with Gasteiger partial charge >= 0.3 is 0 Å². The van der Waals surface area contributed by atoms with Crippen molar-refractivity contribution in [2.24, 2.45) is 0 Å². The van der Waals surface area contributed by atoms with E-state index in [-0.39, 0.29) is 11.6 Å². The number of hydrogen-bond acceptors (Lipinski definition) is 2. The van der Waals surface area contributed by atoms with Crippen LogP contribution in [0.1, 0.15) is 31.2 Å². The molecule has 2 nitrogen and oxygen atoms in total. The fourth-order valence-corrected chi connectivity index (χ4v) is 2.25. The first kappa shape index (κ1) is 14.1. The summed E-state index contributed by atoms with van der Waals surface area (Å²) in [6.45, 7) is 6.00. The van der Waals surface area contributed by atoms with Crippen molar-refractivity contribution in [1.82, 2.24) is 0 Å². The molecular weight excluding hydrogens is 229 g/mol. The van der Waals surface area contributed by atoms with Crippen molar-refractivity contribution in [2.45, 2.75) is 31.1 Å². The summed E-state index contributed by atoms with van der Waals surface area (Å²) in [5, 5.41) is 9.28. The summed E-state index contributed by atoms with van der Waals surface area (Å²) >= 11 is 0. The monoisotopic (exact) mass is 245 g/mol. The Morgan fingerprint density at radius 3 is 2.28 bits per heavy atom. The smallest absolute Gasteiger partial charge is 0.133 e. The number of rotatable bonds is 1. The molecule has 1 fully saturated rings. The summed E-state index contributed by atoms with van der Waals surface area (Å²) < 4.78 is 13.7. The Labute approximate surface area is 107 Å². The third kappa shape index (κ3) is 2.65. The molecule has 1 aromatic carbocycles. The molecule has 94 valence electrons. The molecule has 0 aliphatic heterocycles. The van der Waals surface area contributed by atoms with Gasteiger partial charge in [0.15, 0.2) is 0 Å². The first-order valence-corrected chi connectivity index (χ1v) is 5.86. The van der Waals surface area contributed by atoms with Crippen molar-refractivity contribution >= 4 is 5.78 Å². The third-order valence-corrected chi connectivity index (χ3v) is 3.26. The van der Waals surface area contributed by atoms with E-state index in [0.29, 0.717) is 31.2 Å². The van der Waals surface area contributed by atoms with Crippen LogP contribution in [0, 0.1) is 17.1 Å². The maximum atomic E-state index is 13.7. The molecule has 0 bridgehead atoms. The van der Waals surface area contributed by atoms with Crippen LogP contribution in [0.4, 0.5) is 4.39 Å². The second kappa shape index (κ2) is 6.11. The van der Waals surface area contributed by atoms with Gasteiger partial charge in [0.2, 0.25) is 0 Å². The van der Waals surface area contributed by atoms with E-state index in [4.69, 9.17) is 0 Å². The number of halogens is 1. The lowest BCUT2D eigenvalue weighted by molar-refractivity contribution is -0.121. The zero-order valence-corrected chi connectivity index (χ0v) is 10.3. The molecule has 1 aliphatic rings. The van der Waals surface area contributed by atoms with E-state index in [1.807, 2.05) is 0 Å². The molecule has 1 saturated carbocycles. The average Bonchev–Trinajstić information content (AvgIpc) is 2.43. The van der Waals surface area contributed by atoms with Crippen LogP contribution in [0.5, 0.6) is 0 Å². The molecule has 0 unspecified atom stereocenters. The van der Waals surface area contributed by atoms with Crippen LogP contribution in [0.25, 0.3) is 0 Å². The zero-order chi connectivity index (χ0) is 13.6. The number of nitrogens with zero attached hydrogens (tertiary/aromatic N) is 1. The second-order valence-electron chi connectivity index (χ2n) is 4.21. The number of ketones is 1.